The second-order valence-corrected chi connectivity index (χ2v) is 7.46. The van der Waals surface area contributed by atoms with Crippen LogP contribution in [0.5, 0.6) is 0 Å². The number of amides is 2. The van der Waals surface area contributed by atoms with Gasteiger partial charge in [0.15, 0.2) is 0 Å². The Hall–Kier alpha value is -2.57. The minimum absolute atomic E-state index is 0.0151. The van der Waals surface area contributed by atoms with Gasteiger partial charge in [0, 0.05) is 25.1 Å². The minimum Gasteiger partial charge on any atom is -0.469 e. The van der Waals surface area contributed by atoms with E-state index in [1.54, 1.807) is 0 Å². The van der Waals surface area contributed by atoms with Crippen molar-refractivity contribution in [3.8, 4) is 0 Å². The molecule has 0 radical (unpaired) electrons. The molecule has 0 aromatic heterocycles. The lowest BCUT2D eigenvalue weighted by atomic mass is 9.70. The highest BCUT2D eigenvalue weighted by molar-refractivity contribution is 5.94. The van der Waals surface area contributed by atoms with E-state index in [9.17, 15) is 9.59 Å². The molecule has 0 atom stereocenters. The van der Waals surface area contributed by atoms with Crippen LogP contribution in [0.25, 0.3) is 0 Å². The molecule has 2 fully saturated rings. The van der Waals surface area contributed by atoms with Crippen LogP contribution in [0.15, 0.2) is 24.3 Å². The van der Waals surface area contributed by atoms with Crippen molar-refractivity contribution < 1.29 is 14.3 Å². The van der Waals surface area contributed by atoms with Crippen LogP contribution in [0, 0.1) is 11.3 Å². The maximum Gasteiger partial charge on any atom is 0.318 e. The van der Waals surface area contributed by atoms with Gasteiger partial charge in [-0.25, -0.2) is 4.79 Å². The summed E-state index contributed by atoms with van der Waals surface area (Å²) < 4.78 is 4.75. The molecule has 0 bridgehead atoms. The number of carbonyl (C=O) groups is 2. The number of urea groups is 1. The summed E-state index contributed by atoms with van der Waals surface area (Å²) in [6, 6.07) is 7.69. The number of methoxy groups -OCH3 is 1. The number of nitrogen functional groups attached to an aromatic ring is 1. The summed E-state index contributed by atoms with van der Waals surface area (Å²) in [5, 5.41) is 10.5. The van der Waals surface area contributed by atoms with E-state index in [4.69, 9.17) is 15.9 Å². The zero-order chi connectivity index (χ0) is 19.4. The number of hydrogen-bond donors (Lipinski definition) is 3. The highest BCUT2D eigenvalue weighted by Gasteiger charge is 2.45. The van der Waals surface area contributed by atoms with Gasteiger partial charge < -0.3 is 20.7 Å². The fourth-order valence-electron chi connectivity index (χ4n) is 4.42. The average Bonchev–Trinajstić information content (AvgIpc) is 3.13. The third kappa shape index (κ3) is 3.91. The first-order chi connectivity index (χ1) is 13.0. The Kier molecular flexibility index (Phi) is 5.68. The minimum atomic E-state index is -0.336. The van der Waals surface area contributed by atoms with Gasteiger partial charge >= 0.3 is 12.0 Å². The van der Waals surface area contributed by atoms with Gasteiger partial charge in [-0.2, -0.15) is 0 Å². The lowest BCUT2D eigenvalue weighted by Crippen LogP contribution is -2.50. The van der Waals surface area contributed by atoms with Crippen molar-refractivity contribution in [2.24, 2.45) is 11.7 Å². The number of nitrogens with zero attached hydrogens (tertiary/aromatic N) is 1. The molecule has 1 saturated heterocycles. The molecular formula is C20H28N4O3. The van der Waals surface area contributed by atoms with Crippen LogP contribution in [-0.2, 0) is 15.1 Å². The Balaban J connectivity index is 1.80. The van der Waals surface area contributed by atoms with E-state index >= 15 is 0 Å². The smallest absolute Gasteiger partial charge is 0.318 e. The Morgan fingerprint density at radius 2 is 2.00 bits per heavy atom. The van der Waals surface area contributed by atoms with Crippen LogP contribution in [0.1, 0.15) is 49.7 Å². The summed E-state index contributed by atoms with van der Waals surface area (Å²) in [6.45, 7) is 1.36. The molecule has 4 N–H and O–H groups in total. The summed E-state index contributed by atoms with van der Waals surface area (Å²) in [4.78, 5) is 25.9. The molecular weight excluding hydrogens is 344 g/mol. The standard InChI is InChI=1S/C20H28N4O3/c1-27-17(25)7-2-14-8-10-20(11-9-14,24-13-12-23-19(24)26)16-5-3-15(4-6-16)18(21)22/h3-6,14H,2,7-13H2,1H3,(H3,21,22)(H,23,26). The molecule has 1 aromatic carbocycles. The van der Waals surface area contributed by atoms with Gasteiger partial charge in [-0.05, 0) is 43.6 Å². The van der Waals surface area contributed by atoms with E-state index in [2.05, 4.69) is 5.32 Å². The van der Waals surface area contributed by atoms with Crippen LogP contribution in [0.4, 0.5) is 4.79 Å². The second-order valence-electron chi connectivity index (χ2n) is 7.46. The molecule has 1 aliphatic carbocycles. The predicted molar refractivity (Wildman–Crippen MR) is 102 cm³/mol. The molecule has 2 aliphatic rings. The molecule has 1 aliphatic heterocycles. The zero-order valence-corrected chi connectivity index (χ0v) is 15.8. The fraction of sp³-hybridized carbons (Fsp3) is 0.550. The number of rotatable bonds is 6. The van der Waals surface area contributed by atoms with Gasteiger partial charge in [-0.3, -0.25) is 10.2 Å². The highest BCUT2D eigenvalue weighted by atomic mass is 16.5. The maximum absolute atomic E-state index is 12.5. The number of hydrogen-bond acceptors (Lipinski definition) is 4. The second kappa shape index (κ2) is 7.98. The van der Waals surface area contributed by atoms with Crippen LogP contribution in [0.3, 0.4) is 0 Å². The van der Waals surface area contributed by atoms with Crippen molar-refractivity contribution in [2.75, 3.05) is 20.2 Å². The summed E-state index contributed by atoms with van der Waals surface area (Å²) in [6.07, 6.45) is 4.95. The van der Waals surface area contributed by atoms with Crippen molar-refractivity contribution in [2.45, 2.75) is 44.1 Å². The number of nitrogens with one attached hydrogen (secondary N) is 2. The molecule has 0 unspecified atom stereocenters. The Bertz CT molecular complexity index is 708. The number of benzene rings is 1. The van der Waals surface area contributed by atoms with Crippen molar-refractivity contribution >= 4 is 17.8 Å². The van der Waals surface area contributed by atoms with Crippen LogP contribution in [-0.4, -0.2) is 42.9 Å². The first-order valence-electron chi connectivity index (χ1n) is 9.53. The molecule has 7 heteroatoms. The quantitative estimate of drug-likeness (QED) is 0.404. The lowest BCUT2D eigenvalue weighted by Gasteiger charge is -2.46. The topological polar surface area (TPSA) is 109 Å². The lowest BCUT2D eigenvalue weighted by molar-refractivity contribution is -0.141. The molecule has 1 aromatic rings. The molecule has 146 valence electrons. The fourth-order valence-corrected chi connectivity index (χ4v) is 4.42. The first kappa shape index (κ1) is 19.2. The van der Waals surface area contributed by atoms with E-state index in [0.29, 0.717) is 31.0 Å². The summed E-state index contributed by atoms with van der Waals surface area (Å²) >= 11 is 0. The third-order valence-corrected chi connectivity index (χ3v) is 6.02. The average molecular weight is 372 g/mol. The molecule has 7 nitrogen and oxygen atoms in total. The van der Waals surface area contributed by atoms with E-state index in [1.165, 1.54) is 7.11 Å². The van der Waals surface area contributed by atoms with Crippen LogP contribution < -0.4 is 11.1 Å². The number of amidine groups is 1. The monoisotopic (exact) mass is 372 g/mol. The molecule has 1 saturated carbocycles. The molecule has 3 rings (SSSR count). The summed E-state index contributed by atoms with van der Waals surface area (Å²) in [7, 11) is 1.42. The highest BCUT2D eigenvalue weighted by Crippen LogP contribution is 2.45. The number of ether oxygens (including phenoxy) is 1. The van der Waals surface area contributed by atoms with E-state index in [0.717, 1.165) is 37.7 Å². The van der Waals surface area contributed by atoms with Gasteiger partial charge in [-0.1, -0.05) is 24.3 Å². The Labute approximate surface area is 159 Å². The first-order valence-corrected chi connectivity index (χ1v) is 9.53. The molecule has 27 heavy (non-hydrogen) atoms. The number of carbonyl (C=O) groups excluding carboxylic acids is 2. The van der Waals surface area contributed by atoms with Crippen LogP contribution in [0.2, 0.25) is 0 Å². The van der Waals surface area contributed by atoms with E-state index in [-0.39, 0.29) is 23.4 Å². The normalized spacial score (nSPS) is 25.1. The Morgan fingerprint density at radius 1 is 1.33 bits per heavy atom. The van der Waals surface area contributed by atoms with Crippen molar-refractivity contribution in [3.63, 3.8) is 0 Å². The van der Waals surface area contributed by atoms with Crippen molar-refractivity contribution in [1.29, 1.82) is 5.41 Å². The summed E-state index contributed by atoms with van der Waals surface area (Å²) in [5.74, 6) is 0.353. The zero-order valence-electron chi connectivity index (χ0n) is 15.8. The molecule has 2 amide bonds. The van der Waals surface area contributed by atoms with Crippen molar-refractivity contribution in [3.05, 3.63) is 35.4 Å². The van der Waals surface area contributed by atoms with Gasteiger partial charge in [0.2, 0.25) is 0 Å². The summed E-state index contributed by atoms with van der Waals surface area (Å²) in [5.41, 5.74) is 7.02. The van der Waals surface area contributed by atoms with Gasteiger partial charge in [0.05, 0.1) is 12.6 Å². The van der Waals surface area contributed by atoms with Gasteiger partial charge in [0.25, 0.3) is 0 Å². The van der Waals surface area contributed by atoms with Gasteiger partial charge in [0.1, 0.15) is 5.84 Å². The van der Waals surface area contributed by atoms with Crippen molar-refractivity contribution in [1.82, 2.24) is 10.2 Å². The number of nitrogens with two attached hydrogens (primary N) is 1. The SMILES string of the molecule is COC(=O)CCC1CCC(c2ccc(C(=N)N)cc2)(N2CCNC2=O)CC1. The molecule has 1 heterocycles. The predicted octanol–water partition coefficient (Wildman–Crippen LogP) is 2.33. The third-order valence-electron chi connectivity index (χ3n) is 6.02. The Morgan fingerprint density at radius 3 is 2.52 bits per heavy atom. The maximum atomic E-state index is 12.5. The van der Waals surface area contributed by atoms with E-state index < -0.39 is 0 Å². The number of esters is 1. The largest absolute Gasteiger partial charge is 0.469 e. The molecule has 0 spiro atoms. The van der Waals surface area contributed by atoms with E-state index in [1.807, 2.05) is 29.2 Å². The van der Waals surface area contributed by atoms with Crippen LogP contribution >= 0.6 is 0 Å². The van der Waals surface area contributed by atoms with Gasteiger partial charge in [-0.15, -0.1) is 0 Å².